The van der Waals surface area contributed by atoms with E-state index >= 15 is 0 Å². The Bertz CT molecular complexity index is 721. The Morgan fingerprint density at radius 3 is 2.42 bits per heavy atom. The van der Waals surface area contributed by atoms with Crippen molar-refractivity contribution in [1.29, 1.82) is 0 Å². The molecule has 0 saturated heterocycles. The van der Waals surface area contributed by atoms with Crippen LogP contribution >= 0.6 is 34.5 Å². The first-order valence-electron chi connectivity index (χ1n) is 6.78. The van der Waals surface area contributed by atoms with Gasteiger partial charge >= 0.3 is 0 Å². The summed E-state index contributed by atoms with van der Waals surface area (Å²) in [6.07, 6.45) is 0. The number of carbonyl (C=O) groups excluding carboxylic acids is 2. The van der Waals surface area contributed by atoms with Crippen LogP contribution in [0.15, 0.2) is 24.3 Å². The molecule has 1 aromatic heterocycles. The highest BCUT2D eigenvalue weighted by atomic mass is 35.5. The molecule has 0 radical (unpaired) electrons. The molecule has 10 heteroatoms. The number of hydrogen-bond donors (Lipinski definition) is 2. The minimum atomic E-state index is -1.23. The van der Waals surface area contributed by atoms with E-state index in [2.05, 4.69) is 20.8 Å². The number of carbonyl (C=O) groups is 2. The van der Waals surface area contributed by atoms with Gasteiger partial charge in [-0.15, -0.1) is 10.2 Å². The topological polar surface area (TPSA) is 93.2 Å². The van der Waals surface area contributed by atoms with Crippen molar-refractivity contribution in [1.82, 2.24) is 15.5 Å². The molecule has 0 aliphatic heterocycles. The van der Waals surface area contributed by atoms with Gasteiger partial charge in [0.15, 0.2) is 4.84 Å². The van der Waals surface area contributed by atoms with Gasteiger partial charge in [0.05, 0.1) is 7.11 Å². The number of benzene rings is 1. The molecule has 1 atom stereocenters. The van der Waals surface area contributed by atoms with Crippen LogP contribution in [-0.2, 0) is 9.59 Å². The van der Waals surface area contributed by atoms with Crippen molar-refractivity contribution in [3.63, 3.8) is 0 Å². The normalized spacial score (nSPS) is 11.9. The second kappa shape index (κ2) is 8.27. The maximum atomic E-state index is 12.0. The lowest BCUT2D eigenvalue weighted by atomic mass is 10.2. The quantitative estimate of drug-likeness (QED) is 0.741. The number of nitrogens with zero attached hydrogens (tertiary/aromatic N) is 2. The Morgan fingerprint density at radius 1 is 1.17 bits per heavy atom. The van der Waals surface area contributed by atoms with Gasteiger partial charge in [0.1, 0.15) is 16.8 Å². The Hall–Kier alpha value is -1.90. The fraction of sp³-hybridized carbons (Fsp3) is 0.286. The van der Waals surface area contributed by atoms with Gasteiger partial charge in [0.2, 0.25) is 11.0 Å². The molecule has 2 N–H and O–H groups in total. The van der Waals surface area contributed by atoms with Crippen molar-refractivity contribution < 1.29 is 14.3 Å². The molecule has 0 aliphatic rings. The molecular weight excluding hydrogens is 375 g/mol. The number of alkyl halides is 2. The van der Waals surface area contributed by atoms with Crippen LogP contribution in [0.25, 0.3) is 10.6 Å². The molecule has 2 aromatic rings. The average Bonchev–Trinajstić information content (AvgIpc) is 3.03. The lowest BCUT2D eigenvalue weighted by Crippen LogP contribution is -2.43. The van der Waals surface area contributed by atoms with Gasteiger partial charge in [0.25, 0.3) is 5.91 Å². The number of anilines is 1. The van der Waals surface area contributed by atoms with E-state index in [9.17, 15) is 9.59 Å². The molecule has 0 fully saturated rings. The van der Waals surface area contributed by atoms with Gasteiger partial charge in [-0.1, -0.05) is 34.5 Å². The minimum Gasteiger partial charge on any atom is -0.497 e. The number of amides is 2. The lowest BCUT2D eigenvalue weighted by Gasteiger charge is -2.12. The second-order valence-electron chi connectivity index (χ2n) is 4.66. The first kappa shape index (κ1) is 18.4. The van der Waals surface area contributed by atoms with Crippen LogP contribution in [0.2, 0.25) is 0 Å². The highest BCUT2D eigenvalue weighted by Crippen LogP contribution is 2.27. The van der Waals surface area contributed by atoms with E-state index < -0.39 is 22.7 Å². The molecule has 2 amide bonds. The Kier molecular flexibility index (Phi) is 6.36. The van der Waals surface area contributed by atoms with Crippen molar-refractivity contribution in [2.24, 2.45) is 0 Å². The van der Waals surface area contributed by atoms with E-state index in [-0.39, 0.29) is 0 Å². The number of methoxy groups -OCH3 is 1. The van der Waals surface area contributed by atoms with Gasteiger partial charge in [0, 0.05) is 5.56 Å². The summed E-state index contributed by atoms with van der Waals surface area (Å²) in [5.41, 5.74) is 0.849. The summed E-state index contributed by atoms with van der Waals surface area (Å²) < 4.78 is 5.09. The third-order valence-electron chi connectivity index (χ3n) is 2.94. The van der Waals surface area contributed by atoms with Crippen LogP contribution in [0, 0.1) is 0 Å². The van der Waals surface area contributed by atoms with E-state index in [1.54, 1.807) is 19.2 Å². The number of ether oxygens (including phenoxy) is 1. The van der Waals surface area contributed by atoms with Gasteiger partial charge in [-0.3, -0.25) is 14.9 Å². The first-order chi connectivity index (χ1) is 11.4. The number of nitrogens with one attached hydrogen (secondary N) is 2. The Morgan fingerprint density at radius 2 is 1.83 bits per heavy atom. The van der Waals surface area contributed by atoms with Crippen molar-refractivity contribution in [3.8, 4) is 16.3 Å². The summed E-state index contributed by atoms with van der Waals surface area (Å²) in [4.78, 5) is 22.1. The molecule has 0 saturated carbocycles. The van der Waals surface area contributed by atoms with E-state index in [0.29, 0.717) is 10.1 Å². The minimum absolute atomic E-state index is 0.320. The molecule has 0 bridgehead atoms. The maximum absolute atomic E-state index is 12.0. The van der Waals surface area contributed by atoms with Gasteiger partial charge in [-0.2, -0.15) is 0 Å². The summed E-state index contributed by atoms with van der Waals surface area (Å²) in [6, 6.07) is 6.48. The lowest BCUT2D eigenvalue weighted by molar-refractivity contribution is -0.125. The van der Waals surface area contributed by atoms with Crippen LogP contribution < -0.4 is 15.4 Å². The number of hydrogen-bond acceptors (Lipinski definition) is 6. The summed E-state index contributed by atoms with van der Waals surface area (Å²) in [7, 11) is 1.59. The third kappa shape index (κ3) is 4.80. The van der Waals surface area contributed by atoms with Crippen molar-refractivity contribution in [2.45, 2.75) is 17.8 Å². The fourth-order valence-electron chi connectivity index (χ4n) is 1.68. The molecule has 24 heavy (non-hydrogen) atoms. The van der Waals surface area contributed by atoms with E-state index in [0.717, 1.165) is 11.3 Å². The molecule has 1 aromatic carbocycles. The smallest absolute Gasteiger partial charge is 0.253 e. The number of rotatable bonds is 6. The zero-order valence-electron chi connectivity index (χ0n) is 12.7. The van der Waals surface area contributed by atoms with Crippen molar-refractivity contribution in [2.75, 3.05) is 12.4 Å². The third-order valence-corrected chi connectivity index (χ3v) is 4.23. The fourth-order valence-corrected chi connectivity index (χ4v) is 2.56. The van der Waals surface area contributed by atoms with Crippen LogP contribution in [0.5, 0.6) is 5.75 Å². The van der Waals surface area contributed by atoms with Crippen LogP contribution in [-0.4, -0.2) is 40.0 Å². The first-order valence-corrected chi connectivity index (χ1v) is 8.47. The molecule has 0 unspecified atom stereocenters. The Balaban J connectivity index is 2.00. The monoisotopic (exact) mass is 388 g/mol. The van der Waals surface area contributed by atoms with E-state index in [4.69, 9.17) is 27.9 Å². The highest BCUT2D eigenvalue weighted by Gasteiger charge is 2.20. The SMILES string of the molecule is COc1ccc(-c2nnc(NC(=O)[C@H](C)NC(=O)C(Cl)Cl)s2)cc1. The molecule has 2 rings (SSSR count). The van der Waals surface area contributed by atoms with Gasteiger partial charge in [-0.05, 0) is 31.2 Å². The molecule has 1 heterocycles. The Labute approximate surface area is 152 Å². The van der Waals surface area contributed by atoms with Crippen molar-refractivity contribution in [3.05, 3.63) is 24.3 Å². The zero-order chi connectivity index (χ0) is 17.7. The van der Waals surface area contributed by atoms with E-state index in [1.165, 1.54) is 18.3 Å². The molecular formula is C14H14Cl2N4O3S. The van der Waals surface area contributed by atoms with E-state index in [1.807, 2.05) is 12.1 Å². The summed E-state index contributed by atoms with van der Waals surface area (Å²) in [5, 5.41) is 13.9. The zero-order valence-corrected chi connectivity index (χ0v) is 15.1. The molecule has 128 valence electrons. The standard InChI is InChI=1S/C14H14Cl2N4O3S/c1-7(17-12(22)10(15)16)11(21)18-14-20-19-13(24-14)8-3-5-9(23-2)6-4-8/h3-7,10H,1-2H3,(H,17,22)(H,18,20,21)/t7-/m0/s1. The highest BCUT2D eigenvalue weighted by molar-refractivity contribution is 7.18. The van der Waals surface area contributed by atoms with Crippen LogP contribution in [0.3, 0.4) is 0 Å². The maximum Gasteiger partial charge on any atom is 0.253 e. The van der Waals surface area contributed by atoms with Gasteiger partial charge < -0.3 is 10.1 Å². The largest absolute Gasteiger partial charge is 0.497 e. The molecule has 7 nitrogen and oxygen atoms in total. The number of halogens is 2. The number of aromatic nitrogens is 2. The van der Waals surface area contributed by atoms with Crippen LogP contribution in [0.4, 0.5) is 5.13 Å². The van der Waals surface area contributed by atoms with Crippen molar-refractivity contribution >= 4 is 51.5 Å². The predicted octanol–water partition coefficient (Wildman–Crippen LogP) is 2.46. The summed E-state index contributed by atoms with van der Waals surface area (Å²) in [6.45, 7) is 1.51. The predicted molar refractivity (Wildman–Crippen MR) is 93.6 cm³/mol. The van der Waals surface area contributed by atoms with Crippen LogP contribution in [0.1, 0.15) is 6.92 Å². The molecule has 0 spiro atoms. The summed E-state index contributed by atoms with van der Waals surface area (Å²) in [5.74, 6) is -0.356. The average molecular weight is 389 g/mol. The summed E-state index contributed by atoms with van der Waals surface area (Å²) >= 11 is 12.1. The molecule has 0 aliphatic carbocycles. The van der Waals surface area contributed by atoms with Gasteiger partial charge in [-0.25, -0.2) is 0 Å². The second-order valence-corrected chi connectivity index (χ2v) is 6.73.